The maximum Gasteiger partial charge on any atom is 0.356 e. The SMILES string of the molecule is CC(C)OP(=O)(COCCOc1cc(OC[C@@H](C)OCP(=O)(OC(C)C)OC(C)C)nc(N)n1)OC(C)C. The Morgan fingerprint density at radius 2 is 1.16 bits per heavy atom. The normalized spacial score (nSPS) is 13.6. The maximum absolute atomic E-state index is 12.9. The summed E-state index contributed by atoms with van der Waals surface area (Å²) in [7, 11) is -6.83. The van der Waals surface area contributed by atoms with E-state index in [1.165, 1.54) is 6.07 Å². The van der Waals surface area contributed by atoms with Crippen molar-refractivity contribution in [1.29, 1.82) is 0 Å². The molecule has 2 N–H and O–H groups in total. The molecule has 0 saturated carbocycles. The van der Waals surface area contributed by atoms with Gasteiger partial charge < -0.3 is 42.8 Å². The lowest BCUT2D eigenvalue weighted by atomic mass is 10.4. The Labute approximate surface area is 226 Å². The van der Waals surface area contributed by atoms with Gasteiger partial charge in [-0.25, -0.2) is 0 Å². The first-order valence-corrected chi connectivity index (χ1v) is 16.1. The Kier molecular flexibility index (Phi) is 15.3. The highest BCUT2D eigenvalue weighted by Crippen LogP contribution is 2.51. The van der Waals surface area contributed by atoms with Gasteiger partial charge in [-0.15, -0.1) is 0 Å². The molecule has 1 heterocycles. The van der Waals surface area contributed by atoms with Gasteiger partial charge in [0, 0.05) is 0 Å². The van der Waals surface area contributed by atoms with Gasteiger partial charge in [0.1, 0.15) is 25.9 Å². The van der Waals surface area contributed by atoms with Crippen LogP contribution in [0.5, 0.6) is 11.8 Å². The second-order valence-corrected chi connectivity index (χ2v) is 13.3. The van der Waals surface area contributed by atoms with Gasteiger partial charge in [0.05, 0.1) is 43.2 Å². The van der Waals surface area contributed by atoms with Crippen molar-refractivity contribution in [3.05, 3.63) is 6.07 Å². The van der Waals surface area contributed by atoms with Crippen LogP contribution in [0.25, 0.3) is 0 Å². The zero-order chi connectivity index (χ0) is 28.9. The Hall–Kier alpha value is -1.30. The number of aromatic nitrogens is 2. The van der Waals surface area contributed by atoms with Crippen molar-refractivity contribution in [2.75, 3.05) is 38.3 Å². The molecule has 0 amide bonds. The molecule has 0 radical (unpaired) electrons. The molecule has 38 heavy (non-hydrogen) atoms. The summed E-state index contributed by atoms with van der Waals surface area (Å²) in [5.41, 5.74) is 5.77. The number of hydrogen-bond acceptors (Lipinski definition) is 13. The molecule has 0 saturated heterocycles. The van der Waals surface area contributed by atoms with Crippen LogP contribution in [0, 0.1) is 0 Å². The first kappa shape index (κ1) is 34.7. The Morgan fingerprint density at radius 3 is 1.63 bits per heavy atom. The lowest BCUT2D eigenvalue weighted by Gasteiger charge is -2.24. The van der Waals surface area contributed by atoms with E-state index in [0.717, 1.165) is 0 Å². The van der Waals surface area contributed by atoms with Crippen LogP contribution < -0.4 is 15.2 Å². The van der Waals surface area contributed by atoms with Crippen LogP contribution in [0.1, 0.15) is 62.3 Å². The first-order valence-electron chi connectivity index (χ1n) is 12.6. The van der Waals surface area contributed by atoms with Crippen molar-refractivity contribution in [3.63, 3.8) is 0 Å². The molecule has 0 aliphatic rings. The van der Waals surface area contributed by atoms with Crippen molar-refractivity contribution >= 4 is 21.1 Å². The van der Waals surface area contributed by atoms with Crippen molar-refractivity contribution in [1.82, 2.24) is 9.97 Å². The highest BCUT2D eigenvalue weighted by Gasteiger charge is 2.29. The monoisotopic (exact) mass is 585 g/mol. The highest BCUT2D eigenvalue weighted by atomic mass is 31.2. The minimum absolute atomic E-state index is 0.0488. The minimum atomic E-state index is -3.43. The van der Waals surface area contributed by atoms with Crippen molar-refractivity contribution in [2.24, 2.45) is 0 Å². The highest BCUT2D eigenvalue weighted by molar-refractivity contribution is 7.53. The van der Waals surface area contributed by atoms with Crippen LogP contribution in [0.4, 0.5) is 5.95 Å². The molecular formula is C23H45N3O10P2. The van der Waals surface area contributed by atoms with Crippen molar-refractivity contribution in [2.45, 2.75) is 92.8 Å². The van der Waals surface area contributed by atoms with Crippen LogP contribution in [0.2, 0.25) is 0 Å². The van der Waals surface area contributed by atoms with Gasteiger partial charge in [-0.05, 0) is 62.3 Å². The lowest BCUT2D eigenvalue weighted by Crippen LogP contribution is -2.21. The molecule has 0 unspecified atom stereocenters. The van der Waals surface area contributed by atoms with E-state index in [1.807, 2.05) is 0 Å². The van der Waals surface area contributed by atoms with Gasteiger partial charge in [-0.1, -0.05) is 0 Å². The van der Waals surface area contributed by atoms with Gasteiger partial charge in [-0.3, -0.25) is 9.13 Å². The third-order valence-electron chi connectivity index (χ3n) is 3.89. The molecule has 15 heteroatoms. The maximum atomic E-state index is 12.9. The largest absolute Gasteiger partial charge is 0.475 e. The van der Waals surface area contributed by atoms with E-state index in [1.54, 1.807) is 62.3 Å². The summed E-state index contributed by atoms with van der Waals surface area (Å²) < 4.78 is 69.8. The van der Waals surface area contributed by atoms with E-state index in [0.29, 0.717) is 0 Å². The number of ether oxygens (including phenoxy) is 4. The number of rotatable bonds is 20. The van der Waals surface area contributed by atoms with Crippen molar-refractivity contribution < 1.29 is 46.2 Å². The van der Waals surface area contributed by atoms with Crippen LogP contribution >= 0.6 is 15.2 Å². The zero-order valence-electron chi connectivity index (χ0n) is 23.9. The molecule has 0 fully saturated rings. The fourth-order valence-corrected chi connectivity index (χ4v) is 6.58. The van der Waals surface area contributed by atoms with Gasteiger partial charge in [0.2, 0.25) is 17.7 Å². The molecule has 0 spiro atoms. The molecule has 1 aromatic heterocycles. The molecule has 222 valence electrons. The number of anilines is 1. The average Bonchev–Trinajstić information content (AvgIpc) is 2.73. The lowest BCUT2D eigenvalue weighted by molar-refractivity contribution is 0.0356. The Morgan fingerprint density at radius 1 is 0.711 bits per heavy atom. The van der Waals surface area contributed by atoms with Gasteiger partial charge in [0.15, 0.2) is 0 Å². The molecule has 0 aliphatic carbocycles. The van der Waals surface area contributed by atoms with E-state index in [9.17, 15) is 9.13 Å². The van der Waals surface area contributed by atoms with Crippen LogP contribution in [0.15, 0.2) is 6.07 Å². The van der Waals surface area contributed by atoms with Gasteiger partial charge in [-0.2, -0.15) is 9.97 Å². The summed E-state index contributed by atoms with van der Waals surface area (Å²) in [5, 5.41) is 0. The predicted octanol–water partition coefficient (Wildman–Crippen LogP) is 5.24. The second-order valence-electron chi connectivity index (χ2n) is 9.54. The molecule has 13 nitrogen and oxygen atoms in total. The molecule has 1 atom stereocenters. The van der Waals surface area contributed by atoms with Gasteiger partial charge in [0.25, 0.3) is 0 Å². The second kappa shape index (κ2) is 16.7. The van der Waals surface area contributed by atoms with E-state index in [4.69, 9.17) is 42.8 Å². The molecule has 0 aliphatic heterocycles. The van der Waals surface area contributed by atoms with Crippen LogP contribution in [-0.2, 0) is 36.7 Å². The number of nitrogens with zero attached hydrogens (tertiary/aromatic N) is 2. The van der Waals surface area contributed by atoms with E-state index in [2.05, 4.69) is 9.97 Å². The first-order chi connectivity index (χ1) is 17.6. The number of hydrogen-bond donors (Lipinski definition) is 1. The molecule has 0 bridgehead atoms. The summed E-state index contributed by atoms with van der Waals surface area (Å²) >= 11 is 0. The van der Waals surface area contributed by atoms with Crippen LogP contribution in [0.3, 0.4) is 0 Å². The molecule has 1 aromatic rings. The molecular weight excluding hydrogens is 540 g/mol. The number of nitrogens with two attached hydrogens (primary N) is 1. The molecule has 1 rings (SSSR count). The summed E-state index contributed by atoms with van der Waals surface area (Å²) in [4.78, 5) is 8.04. The molecule has 0 aromatic carbocycles. The summed E-state index contributed by atoms with van der Waals surface area (Å²) in [5.74, 6) is 0.293. The summed E-state index contributed by atoms with van der Waals surface area (Å²) in [6, 6.07) is 1.46. The number of nitrogen functional groups attached to an aromatic ring is 1. The topological polar surface area (TPSA) is 160 Å². The standard InChI is InChI=1S/C23H45N3O10P2/c1-16(2)33-37(27,34-17(3)4)14-29-10-11-30-21-12-22(26-23(24)25-21)31-13-20(9)32-15-38(28,35-18(5)6)36-19(7)8/h12,16-20H,10-11,13-15H2,1-9H3,(H2,24,25,26)/t20-/m1/s1. The summed E-state index contributed by atoms with van der Waals surface area (Å²) in [6.45, 7) is 16.2. The predicted molar refractivity (Wildman–Crippen MR) is 144 cm³/mol. The van der Waals surface area contributed by atoms with Gasteiger partial charge >= 0.3 is 15.2 Å². The van der Waals surface area contributed by atoms with E-state index in [-0.39, 0.29) is 74.6 Å². The zero-order valence-corrected chi connectivity index (χ0v) is 25.7. The van der Waals surface area contributed by atoms with E-state index < -0.39 is 21.3 Å². The fraction of sp³-hybridized carbons (Fsp3) is 0.826. The van der Waals surface area contributed by atoms with Crippen molar-refractivity contribution in [3.8, 4) is 11.8 Å². The Balaban J connectivity index is 2.56. The van der Waals surface area contributed by atoms with Crippen LogP contribution in [-0.4, -0.2) is 73.0 Å². The van der Waals surface area contributed by atoms with E-state index >= 15 is 0 Å². The third-order valence-corrected chi connectivity index (χ3v) is 7.83. The summed E-state index contributed by atoms with van der Waals surface area (Å²) in [6.07, 6.45) is -2.00. The average molecular weight is 586 g/mol. The minimum Gasteiger partial charge on any atom is -0.475 e. The Bertz CT molecular complexity index is 889. The third kappa shape index (κ3) is 15.3. The smallest absolute Gasteiger partial charge is 0.356 e. The quantitative estimate of drug-likeness (QED) is 0.156. The fourth-order valence-electron chi connectivity index (χ4n) is 2.88.